The Labute approximate surface area is 135 Å². The molecule has 3 rings (SSSR count). The van der Waals surface area contributed by atoms with E-state index in [0.29, 0.717) is 11.0 Å². The number of hydrogen-bond acceptors (Lipinski definition) is 3. The summed E-state index contributed by atoms with van der Waals surface area (Å²) in [6.07, 6.45) is 0. The molecule has 4 nitrogen and oxygen atoms in total. The molecule has 1 aromatic heterocycles. The standard InChI is InChI=1S/C17H11ClFNO3/c18-9-14(21)20-15-12-3-1-2-4-13(12)23-17(15)16(22)10-5-7-11(19)8-6-10/h1-8H,9H2,(H,20,21). The SMILES string of the molecule is O=C(CCl)Nc1c(C(=O)c2ccc(F)cc2)oc2ccccc12. The zero-order chi connectivity index (χ0) is 16.4. The number of alkyl halides is 1. The Hall–Kier alpha value is -2.66. The lowest BCUT2D eigenvalue weighted by Gasteiger charge is -2.04. The van der Waals surface area contributed by atoms with Crippen molar-refractivity contribution in [1.82, 2.24) is 0 Å². The number of amides is 1. The van der Waals surface area contributed by atoms with Crippen LogP contribution in [0.4, 0.5) is 10.1 Å². The highest BCUT2D eigenvalue weighted by Crippen LogP contribution is 2.32. The zero-order valence-electron chi connectivity index (χ0n) is 11.8. The van der Waals surface area contributed by atoms with Crippen LogP contribution in [0, 0.1) is 5.82 Å². The lowest BCUT2D eigenvalue weighted by Crippen LogP contribution is -2.15. The van der Waals surface area contributed by atoms with Gasteiger partial charge in [0.15, 0.2) is 5.76 Å². The van der Waals surface area contributed by atoms with Crippen LogP contribution in [-0.2, 0) is 4.79 Å². The molecule has 1 N–H and O–H groups in total. The summed E-state index contributed by atoms with van der Waals surface area (Å²) in [5.74, 6) is -1.61. The Morgan fingerprint density at radius 2 is 1.78 bits per heavy atom. The van der Waals surface area contributed by atoms with Gasteiger partial charge < -0.3 is 9.73 Å². The van der Waals surface area contributed by atoms with Gasteiger partial charge in [0.25, 0.3) is 0 Å². The fourth-order valence-electron chi connectivity index (χ4n) is 2.23. The molecule has 1 amide bonds. The highest BCUT2D eigenvalue weighted by molar-refractivity contribution is 6.30. The van der Waals surface area contributed by atoms with Crippen molar-refractivity contribution < 1.29 is 18.4 Å². The van der Waals surface area contributed by atoms with Crippen molar-refractivity contribution in [1.29, 1.82) is 0 Å². The van der Waals surface area contributed by atoms with Gasteiger partial charge in [-0.15, -0.1) is 11.6 Å². The van der Waals surface area contributed by atoms with Gasteiger partial charge in [0.05, 0.1) is 5.69 Å². The average Bonchev–Trinajstić information content (AvgIpc) is 2.93. The second kappa shape index (κ2) is 6.22. The van der Waals surface area contributed by atoms with Gasteiger partial charge >= 0.3 is 0 Å². The number of hydrogen-bond donors (Lipinski definition) is 1. The largest absolute Gasteiger partial charge is 0.450 e. The van der Waals surface area contributed by atoms with E-state index in [1.54, 1.807) is 24.3 Å². The number of nitrogens with one attached hydrogen (secondary N) is 1. The number of carbonyl (C=O) groups excluding carboxylic acids is 2. The molecule has 0 aliphatic carbocycles. The minimum atomic E-state index is -0.453. The van der Waals surface area contributed by atoms with E-state index in [1.165, 1.54) is 24.3 Å². The smallest absolute Gasteiger partial charge is 0.239 e. The number of furan rings is 1. The molecule has 6 heteroatoms. The van der Waals surface area contributed by atoms with Crippen molar-refractivity contribution in [2.75, 3.05) is 11.2 Å². The number of rotatable bonds is 4. The maximum absolute atomic E-state index is 13.0. The van der Waals surface area contributed by atoms with Gasteiger partial charge in [-0.1, -0.05) is 12.1 Å². The number of carbonyl (C=O) groups is 2. The van der Waals surface area contributed by atoms with Gasteiger partial charge in [-0.25, -0.2) is 4.39 Å². The Bertz CT molecular complexity index is 886. The predicted molar refractivity (Wildman–Crippen MR) is 85.4 cm³/mol. The summed E-state index contributed by atoms with van der Waals surface area (Å²) in [6.45, 7) is 0. The van der Waals surface area contributed by atoms with Crippen molar-refractivity contribution in [3.8, 4) is 0 Å². The van der Waals surface area contributed by atoms with Crippen LogP contribution in [0.25, 0.3) is 11.0 Å². The molecule has 0 aliphatic heterocycles. The van der Waals surface area contributed by atoms with Crippen LogP contribution in [0.2, 0.25) is 0 Å². The molecule has 1 heterocycles. The normalized spacial score (nSPS) is 10.7. The zero-order valence-corrected chi connectivity index (χ0v) is 12.6. The first-order chi connectivity index (χ1) is 11.1. The minimum Gasteiger partial charge on any atom is -0.450 e. The third kappa shape index (κ3) is 2.96. The van der Waals surface area contributed by atoms with Crippen molar-refractivity contribution >= 4 is 39.9 Å². The Kier molecular flexibility index (Phi) is 4.12. The van der Waals surface area contributed by atoms with Gasteiger partial charge in [-0.05, 0) is 36.4 Å². The molecule has 0 atom stereocenters. The van der Waals surface area contributed by atoms with E-state index in [1.807, 2.05) is 0 Å². The fraction of sp³-hybridized carbons (Fsp3) is 0.0588. The lowest BCUT2D eigenvalue weighted by atomic mass is 10.1. The predicted octanol–water partition coefficient (Wildman–Crippen LogP) is 3.98. The van der Waals surface area contributed by atoms with E-state index in [4.69, 9.17) is 16.0 Å². The molecule has 0 saturated carbocycles. The highest BCUT2D eigenvalue weighted by atomic mass is 35.5. The second-order valence-electron chi connectivity index (χ2n) is 4.82. The van der Waals surface area contributed by atoms with E-state index < -0.39 is 17.5 Å². The maximum atomic E-state index is 13.0. The van der Waals surface area contributed by atoms with E-state index in [0.717, 1.165) is 0 Å². The average molecular weight is 332 g/mol. The monoisotopic (exact) mass is 331 g/mol. The van der Waals surface area contributed by atoms with Crippen LogP contribution < -0.4 is 5.32 Å². The number of anilines is 1. The van der Waals surface area contributed by atoms with Gasteiger partial charge in [0, 0.05) is 10.9 Å². The number of benzene rings is 2. The topological polar surface area (TPSA) is 59.3 Å². The van der Waals surface area contributed by atoms with E-state index >= 15 is 0 Å². The number of fused-ring (bicyclic) bond motifs is 1. The second-order valence-corrected chi connectivity index (χ2v) is 5.09. The highest BCUT2D eigenvalue weighted by Gasteiger charge is 2.23. The van der Waals surface area contributed by atoms with Gasteiger partial charge in [0.2, 0.25) is 11.7 Å². The molecule has 0 saturated heterocycles. The molecule has 2 aromatic carbocycles. The van der Waals surface area contributed by atoms with Gasteiger partial charge in [0.1, 0.15) is 17.3 Å². The van der Waals surface area contributed by atoms with E-state index in [2.05, 4.69) is 5.32 Å². The van der Waals surface area contributed by atoms with Crippen LogP contribution in [0.3, 0.4) is 0 Å². The van der Waals surface area contributed by atoms with Crippen LogP contribution in [0.15, 0.2) is 52.9 Å². The number of ketones is 1. The third-order valence-electron chi connectivity index (χ3n) is 3.29. The summed E-state index contributed by atoms with van der Waals surface area (Å²) >= 11 is 5.52. The summed E-state index contributed by atoms with van der Waals surface area (Å²) in [7, 11) is 0. The number of halogens is 2. The van der Waals surface area contributed by atoms with Crippen molar-refractivity contribution in [2.45, 2.75) is 0 Å². The summed E-state index contributed by atoms with van der Waals surface area (Å²) in [4.78, 5) is 24.3. The lowest BCUT2D eigenvalue weighted by molar-refractivity contribution is -0.113. The molecule has 0 spiro atoms. The molecule has 0 radical (unpaired) electrons. The van der Waals surface area contributed by atoms with Crippen molar-refractivity contribution in [2.24, 2.45) is 0 Å². The number of para-hydroxylation sites is 1. The van der Waals surface area contributed by atoms with Gasteiger partial charge in [-0.2, -0.15) is 0 Å². The summed E-state index contributed by atoms with van der Waals surface area (Å²) in [6, 6.07) is 12.0. The Morgan fingerprint density at radius 3 is 2.48 bits per heavy atom. The molecular formula is C17H11ClFNO3. The first-order valence-electron chi connectivity index (χ1n) is 6.78. The van der Waals surface area contributed by atoms with E-state index in [-0.39, 0.29) is 22.9 Å². The van der Waals surface area contributed by atoms with Crippen LogP contribution in [0.1, 0.15) is 16.1 Å². The molecule has 0 aliphatic rings. The molecule has 3 aromatic rings. The van der Waals surface area contributed by atoms with Crippen LogP contribution in [-0.4, -0.2) is 17.6 Å². The molecule has 23 heavy (non-hydrogen) atoms. The van der Waals surface area contributed by atoms with Crippen molar-refractivity contribution in [3.63, 3.8) is 0 Å². The van der Waals surface area contributed by atoms with Gasteiger partial charge in [-0.3, -0.25) is 9.59 Å². The third-order valence-corrected chi connectivity index (χ3v) is 3.54. The first-order valence-corrected chi connectivity index (χ1v) is 7.31. The van der Waals surface area contributed by atoms with E-state index in [9.17, 15) is 14.0 Å². The van der Waals surface area contributed by atoms with Crippen LogP contribution >= 0.6 is 11.6 Å². The maximum Gasteiger partial charge on any atom is 0.239 e. The molecule has 116 valence electrons. The summed E-state index contributed by atoms with van der Waals surface area (Å²) in [5.41, 5.74) is 0.982. The molecule has 0 bridgehead atoms. The first kappa shape index (κ1) is 15.2. The summed E-state index contributed by atoms with van der Waals surface area (Å²) < 4.78 is 18.6. The minimum absolute atomic E-state index is 0.0173. The quantitative estimate of drug-likeness (QED) is 0.581. The molecular weight excluding hydrogens is 321 g/mol. The fourth-order valence-corrected chi connectivity index (χ4v) is 2.30. The van der Waals surface area contributed by atoms with Crippen LogP contribution in [0.5, 0.6) is 0 Å². The Balaban J connectivity index is 2.11. The van der Waals surface area contributed by atoms with Crippen molar-refractivity contribution in [3.05, 3.63) is 65.7 Å². The molecule has 0 fully saturated rings. The summed E-state index contributed by atoms with van der Waals surface area (Å²) in [5, 5.41) is 3.18. The molecule has 0 unspecified atom stereocenters. The Morgan fingerprint density at radius 1 is 1.09 bits per heavy atom.